The van der Waals surface area contributed by atoms with Crippen LogP contribution < -0.4 is 5.56 Å². The van der Waals surface area contributed by atoms with Crippen LogP contribution in [0.4, 0.5) is 5.69 Å². The lowest BCUT2D eigenvalue weighted by Crippen LogP contribution is -2.03. The maximum absolute atomic E-state index is 11.5. The third-order valence-corrected chi connectivity index (χ3v) is 3.03. The molecule has 1 N–H and O–H groups in total. The second kappa shape index (κ2) is 3.75. The van der Waals surface area contributed by atoms with Crippen molar-refractivity contribution in [3.8, 4) is 6.07 Å². The van der Waals surface area contributed by atoms with Gasteiger partial charge in [-0.1, -0.05) is 11.5 Å². The van der Waals surface area contributed by atoms with Crippen molar-refractivity contribution in [3.63, 3.8) is 0 Å². The first-order valence-corrected chi connectivity index (χ1v) is 5.11. The lowest BCUT2D eigenvalue weighted by molar-refractivity contribution is -0.385. The van der Waals surface area contributed by atoms with E-state index in [2.05, 4.69) is 4.37 Å². The van der Waals surface area contributed by atoms with E-state index >= 15 is 0 Å². The lowest BCUT2D eigenvalue weighted by Gasteiger charge is -1.98. The van der Waals surface area contributed by atoms with Crippen LogP contribution in [0.1, 0.15) is 5.56 Å². The maximum atomic E-state index is 11.5. The van der Waals surface area contributed by atoms with E-state index in [4.69, 9.17) is 5.26 Å². The Morgan fingerprint density at radius 1 is 1.56 bits per heavy atom. The molecule has 80 valence electrons. The summed E-state index contributed by atoms with van der Waals surface area (Å²) in [6, 6.07) is 4.66. The number of H-pyrrole nitrogens is 1. The molecule has 0 amide bonds. The van der Waals surface area contributed by atoms with Gasteiger partial charge in [0.25, 0.3) is 11.2 Å². The summed E-state index contributed by atoms with van der Waals surface area (Å²) in [5.74, 6) is 0. The monoisotopic (exact) mass is 235 g/mol. The SMILES string of the molecule is N#CCc1c([N+](=O)[O-])ccc2s[nH]c(=O)c12. The van der Waals surface area contributed by atoms with Gasteiger partial charge in [0.05, 0.1) is 33.1 Å². The molecule has 0 aliphatic rings. The molecule has 0 atom stereocenters. The van der Waals surface area contributed by atoms with Gasteiger partial charge < -0.3 is 0 Å². The van der Waals surface area contributed by atoms with Crippen LogP contribution in [0.2, 0.25) is 0 Å². The number of benzene rings is 1. The second-order valence-electron chi connectivity index (χ2n) is 3.06. The third kappa shape index (κ3) is 1.45. The number of aromatic amines is 1. The summed E-state index contributed by atoms with van der Waals surface area (Å²) in [6.07, 6.45) is -0.145. The molecule has 6 nitrogen and oxygen atoms in total. The first kappa shape index (κ1) is 10.3. The van der Waals surface area contributed by atoms with Crippen molar-refractivity contribution in [2.45, 2.75) is 6.42 Å². The van der Waals surface area contributed by atoms with Crippen LogP contribution in [0.15, 0.2) is 16.9 Å². The van der Waals surface area contributed by atoms with Gasteiger partial charge in [-0.25, -0.2) is 0 Å². The summed E-state index contributed by atoms with van der Waals surface area (Å²) >= 11 is 1.10. The minimum atomic E-state index is -0.580. The van der Waals surface area contributed by atoms with Gasteiger partial charge in [-0.05, 0) is 6.07 Å². The first-order valence-electron chi connectivity index (χ1n) is 4.29. The van der Waals surface area contributed by atoms with Crippen molar-refractivity contribution in [2.24, 2.45) is 0 Å². The van der Waals surface area contributed by atoms with Crippen molar-refractivity contribution >= 4 is 27.3 Å². The van der Waals surface area contributed by atoms with E-state index in [1.54, 1.807) is 0 Å². The zero-order valence-corrected chi connectivity index (χ0v) is 8.71. The molecule has 0 saturated heterocycles. The van der Waals surface area contributed by atoms with Crippen molar-refractivity contribution < 1.29 is 4.92 Å². The minimum absolute atomic E-state index is 0.145. The Kier molecular flexibility index (Phi) is 2.42. The van der Waals surface area contributed by atoms with Gasteiger partial charge in [-0.15, -0.1) is 0 Å². The third-order valence-electron chi connectivity index (χ3n) is 2.18. The fourth-order valence-corrected chi connectivity index (χ4v) is 2.29. The highest BCUT2D eigenvalue weighted by atomic mass is 32.1. The summed E-state index contributed by atoms with van der Waals surface area (Å²) in [4.78, 5) is 21.7. The number of nitrogens with one attached hydrogen (secondary N) is 1. The largest absolute Gasteiger partial charge is 0.277 e. The summed E-state index contributed by atoms with van der Waals surface area (Å²) in [6.45, 7) is 0. The zero-order chi connectivity index (χ0) is 11.7. The first-order chi connectivity index (χ1) is 7.65. The molecule has 0 saturated carbocycles. The molecule has 0 aliphatic carbocycles. The molecule has 2 aromatic rings. The minimum Gasteiger partial charge on any atom is -0.277 e. The van der Waals surface area contributed by atoms with Gasteiger partial charge >= 0.3 is 0 Å². The quantitative estimate of drug-likeness (QED) is 0.630. The standard InChI is InChI=1S/C9H5N3O3S/c10-4-3-5-6(12(14)15)1-2-7-8(5)9(13)11-16-7/h1-2H,3H2,(H,11,13). The summed E-state index contributed by atoms with van der Waals surface area (Å²) < 4.78 is 3.12. The molecule has 0 unspecified atom stereocenters. The van der Waals surface area contributed by atoms with Crippen molar-refractivity contribution in [1.82, 2.24) is 4.37 Å². The number of nitriles is 1. The molecule has 1 aromatic carbocycles. The zero-order valence-electron chi connectivity index (χ0n) is 7.89. The number of fused-ring (bicyclic) bond motifs is 1. The van der Waals surface area contributed by atoms with E-state index in [-0.39, 0.29) is 28.6 Å². The Balaban J connectivity index is 2.89. The number of hydrogen-bond donors (Lipinski definition) is 1. The fraction of sp³-hybridized carbons (Fsp3) is 0.111. The molecule has 16 heavy (non-hydrogen) atoms. The Hall–Kier alpha value is -2.20. The summed E-state index contributed by atoms with van der Waals surface area (Å²) in [7, 11) is 0. The topological polar surface area (TPSA) is 99.8 Å². The van der Waals surface area contributed by atoms with E-state index in [0.29, 0.717) is 4.70 Å². The normalized spacial score (nSPS) is 10.2. The van der Waals surface area contributed by atoms with E-state index < -0.39 is 4.92 Å². The van der Waals surface area contributed by atoms with Gasteiger partial charge in [0.2, 0.25) is 0 Å². The van der Waals surface area contributed by atoms with Crippen LogP contribution in [-0.4, -0.2) is 9.30 Å². The molecule has 2 rings (SSSR count). The predicted octanol–water partition coefficient (Wildman–Crippen LogP) is 1.56. The van der Waals surface area contributed by atoms with Crippen LogP contribution in [-0.2, 0) is 6.42 Å². The Morgan fingerprint density at radius 2 is 2.31 bits per heavy atom. The highest BCUT2D eigenvalue weighted by molar-refractivity contribution is 7.13. The molecule has 0 radical (unpaired) electrons. The molecule has 0 aliphatic heterocycles. The smallest absolute Gasteiger partial charge is 0.274 e. The number of nitro groups is 1. The van der Waals surface area contributed by atoms with E-state index in [9.17, 15) is 14.9 Å². The van der Waals surface area contributed by atoms with Crippen LogP contribution in [0.3, 0.4) is 0 Å². The molecular formula is C9H5N3O3S. The van der Waals surface area contributed by atoms with Crippen molar-refractivity contribution in [2.75, 3.05) is 0 Å². The van der Waals surface area contributed by atoms with Crippen LogP contribution in [0.25, 0.3) is 10.1 Å². The van der Waals surface area contributed by atoms with Gasteiger partial charge in [0.1, 0.15) is 0 Å². The van der Waals surface area contributed by atoms with Gasteiger partial charge in [-0.2, -0.15) is 5.26 Å². The molecule has 1 aromatic heterocycles. The van der Waals surface area contributed by atoms with Crippen LogP contribution in [0.5, 0.6) is 0 Å². The fourth-order valence-electron chi connectivity index (χ4n) is 1.53. The number of aromatic nitrogens is 1. The van der Waals surface area contributed by atoms with Gasteiger partial charge in [-0.3, -0.25) is 19.3 Å². The Morgan fingerprint density at radius 3 is 2.94 bits per heavy atom. The van der Waals surface area contributed by atoms with Gasteiger partial charge in [0, 0.05) is 6.07 Å². The van der Waals surface area contributed by atoms with Crippen LogP contribution >= 0.6 is 11.5 Å². The molecule has 0 bridgehead atoms. The molecule has 0 spiro atoms. The number of rotatable bonds is 2. The second-order valence-corrected chi connectivity index (χ2v) is 3.91. The van der Waals surface area contributed by atoms with Crippen LogP contribution in [0, 0.1) is 21.4 Å². The highest BCUT2D eigenvalue weighted by Gasteiger charge is 2.19. The summed E-state index contributed by atoms with van der Waals surface area (Å²) in [5, 5.41) is 19.6. The maximum Gasteiger partial charge on any atom is 0.274 e. The molecule has 0 fully saturated rings. The van der Waals surface area contributed by atoms with E-state index in [1.807, 2.05) is 6.07 Å². The molecular weight excluding hydrogens is 230 g/mol. The van der Waals surface area contributed by atoms with E-state index in [0.717, 1.165) is 11.5 Å². The average molecular weight is 235 g/mol. The number of nitrogens with zero attached hydrogens (tertiary/aromatic N) is 2. The average Bonchev–Trinajstić information content (AvgIpc) is 2.61. The summed E-state index contributed by atoms with van der Waals surface area (Å²) in [5.41, 5.74) is -0.376. The van der Waals surface area contributed by atoms with Crippen molar-refractivity contribution in [1.29, 1.82) is 5.26 Å². The van der Waals surface area contributed by atoms with E-state index in [1.165, 1.54) is 12.1 Å². The van der Waals surface area contributed by atoms with Gasteiger partial charge in [0.15, 0.2) is 0 Å². The lowest BCUT2D eigenvalue weighted by atomic mass is 10.1. The Bertz CT molecular complexity index is 665. The highest BCUT2D eigenvalue weighted by Crippen LogP contribution is 2.27. The number of hydrogen-bond acceptors (Lipinski definition) is 5. The predicted molar refractivity (Wildman–Crippen MR) is 58.4 cm³/mol. The molecule has 1 heterocycles. The number of nitro benzene ring substituents is 1. The van der Waals surface area contributed by atoms with Crippen molar-refractivity contribution in [3.05, 3.63) is 38.2 Å². The molecule has 7 heteroatoms. The Labute approximate surface area is 93.1 Å².